The van der Waals surface area contributed by atoms with Crippen LogP contribution in [0, 0.1) is 11.7 Å². The molecule has 0 heterocycles. The average molecular weight is 605 g/mol. The summed E-state index contributed by atoms with van der Waals surface area (Å²) in [6, 6.07) is 18.1. The van der Waals surface area contributed by atoms with E-state index in [-0.39, 0.29) is 31.2 Å². The summed E-state index contributed by atoms with van der Waals surface area (Å²) in [6.07, 6.45) is 0.282. The molecule has 200 valence electrons. The molecule has 0 saturated carbocycles. The highest BCUT2D eigenvalue weighted by Gasteiger charge is 2.25. The van der Waals surface area contributed by atoms with Gasteiger partial charge in [0.1, 0.15) is 17.3 Å². The Kier molecular flexibility index (Phi) is 10.3. The van der Waals surface area contributed by atoms with Crippen LogP contribution in [0.25, 0.3) is 0 Å². The van der Waals surface area contributed by atoms with E-state index in [2.05, 4.69) is 21.2 Å². The molecule has 10 heteroatoms. The Hall–Kier alpha value is -3.43. The molecule has 0 aliphatic rings. The summed E-state index contributed by atoms with van der Waals surface area (Å²) < 4.78 is 20.0. The molecule has 0 radical (unpaired) electrons. The first-order chi connectivity index (χ1) is 18.0. The van der Waals surface area contributed by atoms with E-state index in [1.807, 2.05) is 6.07 Å². The number of benzene rings is 3. The Morgan fingerprint density at radius 1 is 1.03 bits per heavy atom. The molecule has 3 amide bonds. The summed E-state index contributed by atoms with van der Waals surface area (Å²) in [5.41, 5.74) is 1.42. The zero-order valence-electron chi connectivity index (χ0n) is 21.2. The molecule has 1 atom stereocenters. The van der Waals surface area contributed by atoms with Crippen LogP contribution in [0.5, 0.6) is 11.5 Å². The van der Waals surface area contributed by atoms with Crippen LogP contribution >= 0.6 is 27.5 Å². The van der Waals surface area contributed by atoms with Gasteiger partial charge in [0, 0.05) is 49.3 Å². The molecule has 1 unspecified atom stereocenters. The van der Waals surface area contributed by atoms with E-state index >= 15 is 0 Å². The summed E-state index contributed by atoms with van der Waals surface area (Å²) in [5.74, 6) is -1.79. The second-order valence-electron chi connectivity index (χ2n) is 8.94. The van der Waals surface area contributed by atoms with Crippen molar-refractivity contribution in [2.24, 2.45) is 5.92 Å². The van der Waals surface area contributed by atoms with Crippen LogP contribution in [-0.2, 0) is 27.3 Å². The third kappa shape index (κ3) is 8.29. The van der Waals surface area contributed by atoms with Crippen molar-refractivity contribution in [3.63, 3.8) is 0 Å². The van der Waals surface area contributed by atoms with Crippen LogP contribution < -0.4 is 10.1 Å². The highest BCUT2D eigenvalue weighted by molar-refractivity contribution is 9.10. The van der Waals surface area contributed by atoms with Crippen LogP contribution in [0.15, 0.2) is 71.2 Å². The lowest BCUT2D eigenvalue weighted by Crippen LogP contribution is -2.45. The van der Waals surface area contributed by atoms with Gasteiger partial charge in [0.05, 0.1) is 5.92 Å². The average Bonchev–Trinajstić information content (AvgIpc) is 2.88. The Morgan fingerprint density at radius 3 is 2.39 bits per heavy atom. The summed E-state index contributed by atoms with van der Waals surface area (Å²) >= 11 is 9.48. The highest BCUT2D eigenvalue weighted by atomic mass is 79.9. The van der Waals surface area contributed by atoms with E-state index in [9.17, 15) is 18.8 Å². The van der Waals surface area contributed by atoms with Gasteiger partial charge in [-0.15, -0.1) is 0 Å². The fourth-order valence-electron chi connectivity index (χ4n) is 3.72. The molecule has 1 N–H and O–H groups in total. The second-order valence-corrected chi connectivity index (χ2v) is 10.3. The molecule has 0 aliphatic heterocycles. The zero-order chi connectivity index (χ0) is 27.8. The third-order valence-electron chi connectivity index (χ3n) is 5.70. The minimum absolute atomic E-state index is 0.0474. The lowest BCUT2D eigenvalue weighted by Gasteiger charge is -2.22. The van der Waals surface area contributed by atoms with Gasteiger partial charge in [0.2, 0.25) is 5.91 Å². The minimum Gasteiger partial charge on any atom is -0.457 e. The number of carbonyl (C=O) groups excluding carboxylic acids is 3. The molecule has 0 spiro atoms. The number of hydrogen-bond donors (Lipinski definition) is 1. The van der Waals surface area contributed by atoms with Gasteiger partial charge >= 0.3 is 11.8 Å². The maximum atomic E-state index is 13.3. The van der Waals surface area contributed by atoms with E-state index in [1.54, 1.807) is 62.6 Å². The van der Waals surface area contributed by atoms with Gasteiger partial charge in [-0.1, -0.05) is 51.8 Å². The number of nitrogens with one attached hydrogen (secondary N) is 1. The maximum absolute atomic E-state index is 13.3. The number of nitrogens with zero attached hydrogens (tertiary/aromatic N) is 2. The number of likely N-dealkylation sites (N-methyl/N-ethyl adjacent to an activating group) is 1. The smallest absolute Gasteiger partial charge is 0.311 e. The number of carbonyl (C=O) groups is 3. The standard InChI is InChI=1S/C28H28BrClFN3O4/c1-33(2)27(36)20(13-18-7-11-23(31)12-8-18)16-32-26(35)28(37)34(3)17-19-9-10-21(29)14-25(19)38-24-6-4-5-22(30)15-24/h4-12,14-15,20H,13,16-17H2,1-3H3,(H,32,35). The summed E-state index contributed by atoms with van der Waals surface area (Å²) in [6.45, 7) is 0.0548. The molecule has 3 aromatic carbocycles. The zero-order valence-corrected chi connectivity index (χ0v) is 23.6. The van der Waals surface area contributed by atoms with Gasteiger partial charge in [0.15, 0.2) is 0 Å². The second kappa shape index (κ2) is 13.4. The van der Waals surface area contributed by atoms with Crippen molar-refractivity contribution in [2.45, 2.75) is 13.0 Å². The Balaban J connectivity index is 1.66. The summed E-state index contributed by atoms with van der Waals surface area (Å²) in [5, 5.41) is 3.10. The molecule has 7 nitrogen and oxygen atoms in total. The quantitative estimate of drug-likeness (QED) is 0.347. The topological polar surface area (TPSA) is 79.0 Å². The lowest BCUT2D eigenvalue weighted by molar-refractivity contribution is -0.145. The van der Waals surface area contributed by atoms with Crippen LogP contribution in [0.1, 0.15) is 11.1 Å². The van der Waals surface area contributed by atoms with Gasteiger partial charge in [-0.05, 0) is 54.4 Å². The summed E-state index contributed by atoms with van der Waals surface area (Å²) in [4.78, 5) is 40.9. The molecular weight excluding hydrogens is 577 g/mol. The Bertz CT molecular complexity index is 1300. The molecule has 3 rings (SSSR count). The Morgan fingerprint density at radius 2 is 1.74 bits per heavy atom. The molecule has 0 fully saturated rings. The summed E-state index contributed by atoms with van der Waals surface area (Å²) in [7, 11) is 4.73. The van der Waals surface area contributed by atoms with Crippen molar-refractivity contribution >= 4 is 45.3 Å². The van der Waals surface area contributed by atoms with Gasteiger partial charge in [-0.3, -0.25) is 14.4 Å². The van der Waals surface area contributed by atoms with E-state index in [0.717, 1.165) is 10.0 Å². The maximum Gasteiger partial charge on any atom is 0.311 e. The van der Waals surface area contributed by atoms with Crippen molar-refractivity contribution in [2.75, 3.05) is 27.7 Å². The van der Waals surface area contributed by atoms with Crippen molar-refractivity contribution in [1.29, 1.82) is 0 Å². The SMILES string of the molecule is CN(C)C(=O)C(CNC(=O)C(=O)N(C)Cc1ccc(Br)cc1Oc1cccc(Cl)c1)Cc1ccc(F)cc1. The number of rotatable bonds is 9. The largest absolute Gasteiger partial charge is 0.457 e. The fourth-order valence-corrected chi connectivity index (χ4v) is 4.24. The van der Waals surface area contributed by atoms with Gasteiger partial charge in [-0.2, -0.15) is 0 Å². The minimum atomic E-state index is -0.836. The van der Waals surface area contributed by atoms with Crippen molar-refractivity contribution in [3.05, 3.63) is 93.2 Å². The van der Waals surface area contributed by atoms with Crippen LogP contribution in [0.4, 0.5) is 4.39 Å². The first kappa shape index (κ1) is 29.1. The first-order valence-corrected chi connectivity index (χ1v) is 12.9. The number of amides is 3. The number of halogens is 3. The third-order valence-corrected chi connectivity index (χ3v) is 6.42. The lowest BCUT2D eigenvalue weighted by atomic mass is 9.98. The monoisotopic (exact) mass is 603 g/mol. The van der Waals surface area contributed by atoms with Crippen LogP contribution in [0.2, 0.25) is 5.02 Å². The van der Waals surface area contributed by atoms with E-state index in [0.29, 0.717) is 22.1 Å². The molecule has 0 saturated heterocycles. The van der Waals surface area contributed by atoms with Gasteiger partial charge in [-0.25, -0.2) is 4.39 Å². The molecule has 0 bridgehead atoms. The first-order valence-electron chi connectivity index (χ1n) is 11.7. The van der Waals surface area contributed by atoms with Gasteiger partial charge < -0.3 is 19.9 Å². The highest BCUT2D eigenvalue weighted by Crippen LogP contribution is 2.30. The van der Waals surface area contributed by atoms with E-state index in [1.165, 1.54) is 29.0 Å². The van der Waals surface area contributed by atoms with E-state index < -0.39 is 17.7 Å². The normalized spacial score (nSPS) is 11.4. The predicted molar refractivity (Wildman–Crippen MR) is 147 cm³/mol. The number of ether oxygens (including phenoxy) is 1. The molecule has 0 aliphatic carbocycles. The van der Waals surface area contributed by atoms with Gasteiger partial charge in [0.25, 0.3) is 0 Å². The molecule has 0 aromatic heterocycles. The van der Waals surface area contributed by atoms with Crippen molar-refractivity contribution in [3.8, 4) is 11.5 Å². The van der Waals surface area contributed by atoms with Crippen molar-refractivity contribution < 1.29 is 23.5 Å². The fraction of sp³-hybridized carbons (Fsp3) is 0.250. The molecule has 38 heavy (non-hydrogen) atoms. The van der Waals surface area contributed by atoms with Crippen LogP contribution in [0.3, 0.4) is 0 Å². The molecule has 3 aromatic rings. The van der Waals surface area contributed by atoms with E-state index in [4.69, 9.17) is 16.3 Å². The van der Waals surface area contributed by atoms with Crippen LogP contribution in [-0.4, -0.2) is 55.2 Å². The molecular formula is C28H28BrClFN3O4. The predicted octanol–water partition coefficient (Wildman–Crippen LogP) is 5.06. The van der Waals surface area contributed by atoms with Crippen molar-refractivity contribution in [1.82, 2.24) is 15.1 Å². The Labute approximate surface area is 234 Å². The number of hydrogen-bond acceptors (Lipinski definition) is 4.